The van der Waals surface area contributed by atoms with Gasteiger partial charge in [-0.15, -0.1) is 0 Å². The van der Waals surface area contributed by atoms with E-state index in [9.17, 15) is 0 Å². The van der Waals surface area contributed by atoms with Gasteiger partial charge in [-0.2, -0.15) is 8.42 Å². The Bertz CT molecular complexity index is 106. The average Bonchev–Trinajstić information content (AvgIpc) is 0.722. The predicted octanol–water partition coefficient (Wildman–Crippen LogP) is -9.91. The summed E-state index contributed by atoms with van der Waals surface area (Å²) in [6.07, 6.45) is 0. The zero-order valence-electron chi connectivity index (χ0n) is 5.58. The molecule has 0 unspecified atom stereocenters. The van der Waals surface area contributed by atoms with Crippen molar-refractivity contribution in [3.63, 3.8) is 0 Å². The van der Waals surface area contributed by atoms with Crippen LogP contribution in [0.2, 0.25) is 0 Å². The Morgan fingerprint density at radius 1 is 1.11 bits per heavy atom. The minimum atomic E-state index is -4.67. The van der Waals surface area contributed by atoms with E-state index in [2.05, 4.69) is 0 Å². The van der Waals surface area contributed by atoms with Crippen molar-refractivity contribution < 1.29 is 73.3 Å². The molecule has 0 saturated heterocycles. The third-order valence-corrected chi connectivity index (χ3v) is 0. The topological polar surface area (TPSA) is 74.6 Å². The van der Waals surface area contributed by atoms with E-state index in [1.165, 1.54) is 0 Å². The molecule has 9 heteroatoms. The van der Waals surface area contributed by atoms with Crippen LogP contribution in [0, 0.1) is 0 Å². The second-order valence-corrected chi connectivity index (χ2v) is 1.34. The maximum absolute atomic E-state index is 8.74. The summed E-state index contributed by atoms with van der Waals surface area (Å²) in [6.45, 7) is 0. The fourth-order valence-corrected chi connectivity index (χ4v) is 0. The summed E-state index contributed by atoms with van der Waals surface area (Å²) < 4.78 is 31.6. The normalized spacial score (nSPS) is 6.44. The summed E-state index contributed by atoms with van der Waals surface area (Å²) in [7, 11) is -4.67. The van der Waals surface area contributed by atoms with Gasteiger partial charge in [-0.3, -0.25) is 9.11 Å². The van der Waals surface area contributed by atoms with Crippen LogP contribution in [0.25, 0.3) is 0 Å². The van der Waals surface area contributed by atoms with E-state index in [1.807, 2.05) is 0 Å². The molecule has 0 radical (unpaired) electrons. The number of hydrogen-bond acceptors (Lipinski definition) is 2. The standard InChI is InChI=1S/2ClH.Mg.Na.H2O4S.H/c;;;;1-5(2,3)4;/h2*1H;;;(H2,1,2,3,4);/q;;+2;+1;;-1/p-2. The first kappa shape index (κ1) is 30.3. The molecule has 0 aromatic heterocycles. The second-order valence-electron chi connectivity index (χ2n) is 0.448. The fraction of sp³-hybridized carbons (Fsp3) is 0. The molecule has 0 amide bonds. The Kier molecular flexibility index (Phi) is 43.3. The monoisotopic (exact) mass is 216 g/mol. The summed E-state index contributed by atoms with van der Waals surface area (Å²) >= 11 is 0. The van der Waals surface area contributed by atoms with E-state index in [4.69, 9.17) is 17.5 Å². The van der Waals surface area contributed by atoms with E-state index in [1.54, 1.807) is 0 Å². The molecule has 4 nitrogen and oxygen atoms in total. The first-order valence-electron chi connectivity index (χ1n) is 0.698. The maximum atomic E-state index is 8.74. The molecule has 50 valence electrons. The van der Waals surface area contributed by atoms with Gasteiger partial charge in [0.15, 0.2) is 0 Å². The van der Waals surface area contributed by atoms with Gasteiger partial charge in [0, 0.05) is 0 Å². The van der Waals surface area contributed by atoms with Crippen LogP contribution < -0.4 is 54.4 Å². The summed E-state index contributed by atoms with van der Waals surface area (Å²) in [5.41, 5.74) is 0. The quantitative estimate of drug-likeness (QED) is 0.312. The smallest absolute Gasteiger partial charge is 1.00 e. The molecule has 0 spiro atoms. The summed E-state index contributed by atoms with van der Waals surface area (Å²) in [4.78, 5) is 0. The third kappa shape index (κ3) is 140. The minimum absolute atomic E-state index is 0. The molecule has 0 fully saturated rings. The molecule has 0 rings (SSSR count). The zero-order valence-corrected chi connectivity index (χ0v) is 10.3. The van der Waals surface area contributed by atoms with Gasteiger partial charge in [0.05, 0.1) is 0 Å². The number of halogens is 2. The molecule has 0 aromatic rings. The van der Waals surface area contributed by atoms with E-state index in [0.717, 1.165) is 0 Å². The van der Waals surface area contributed by atoms with Crippen molar-refractivity contribution in [2.45, 2.75) is 0 Å². The van der Waals surface area contributed by atoms with Crippen molar-refractivity contribution in [3.8, 4) is 0 Å². The third-order valence-electron chi connectivity index (χ3n) is 0. The number of hydrogen-bond donors (Lipinski definition) is 2. The van der Waals surface area contributed by atoms with Crippen molar-refractivity contribution in [2.75, 3.05) is 0 Å². The summed E-state index contributed by atoms with van der Waals surface area (Å²) in [5.74, 6) is 0. The van der Waals surface area contributed by atoms with E-state index in [0.29, 0.717) is 0 Å². The fourth-order valence-electron chi connectivity index (χ4n) is 0. The van der Waals surface area contributed by atoms with Crippen LogP contribution in [0.4, 0.5) is 0 Å². The van der Waals surface area contributed by atoms with Gasteiger partial charge >= 0.3 is 63.0 Å². The minimum Gasteiger partial charge on any atom is -1.00 e. The summed E-state index contributed by atoms with van der Waals surface area (Å²) in [6, 6.07) is 0. The van der Waals surface area contributed by atoms with Gasteiger partial charge in [-0.05, 0) is 0 Å². The van der Waals surface area contributed by atoms with Crippen molar-refractivity contribution in [2.24, 2.45) is 0 Å². The predicted molar refractivity (Wildman–Crippen MR) is 21.0 cm³/mol. The zero-order chi connectivity index (χ0) is 4.50. The van der Waals surface area contributed by atoms with Gasteiger partial charge in [-0.1, -0.05) is 0 Å². The average molecular weight is 217 g/mol. The second kappa shape index (κ2) is 12.9. The Morgan fingerprint density at radius 2 is 1.11 bits per heavy atom. The molecule has 0 aromatic carbocycles. The van der Waals surface area contributed by atoms with Gasteiger partial charge in [0.1, 0.15) is 0 Å². The molecule has 0 bridgehead atoms. The van der Waals surface area contributed by atoms with Crippen molar-refractivity contribution in [3.05, 3.63) is 0 Å². The maximum Gasteiger partial charge on any atom is 2.00 e. The van der Waals surface area contributed by atoms with Gasteiger partial charge < -0.3 is 26.2 Å². The van der Waals surface area contributed by atoms with E-state index < -0.39 is 10.4 Å². The summed E-state index contributed by atoms with van der Waals surface area (Å²) in [5, 5.41) is 0. The van der Waals surface area contributed by atoms with Crippen LogP contribution >= 0.6 is 0 Å². The van der Waals surface area contributed by atoms with Crippen molar-refractivity contribution >= 4 is 33.5 Å². The molecule has 0 atom stereocenters. The molecular weight excluding hydrogens is 214 g/mol. The van der Waals surface area contributed by atoms with Gasteiger partial charge in [-0.25, -0.2) is 0 Å². The first-order valence-corrected chi connectivity index (χ1v) is 2.10. The molecule has 0 saturated carbocycles. The van der Waals surface area contributed by atoms with Gasteiger partial charge in [0.25, 0.3) is 0 Å². The van der Waals surface area contributed by atoms with Crippen molar-refractivity contribution in [1.29, 1.82) is 0 Å². The Hall–Kier alpha value is 2.22. The Labute approximate surface area is 105 Å². The van der Waals surface area contributed by atoms with Crippen LogP contribution in [0.15, 0.2) is 0 Å². The van der Waals surface area contributed by atoms with Crippen LogP contribution in [0.5, 0.6) is 0 Å². The largest absolute Gasteiger partial charge is 2.00 e. The number of rotatable bonds is 0. The molecule has 0 aliphatic heterocycles. The van der Waals surface area contributed by atoms with Crippen LogP contribution in [-0.2, 0) is 10.4 Å². The van der Waals surface area contributed by atoms with E-state index >= 15 is 0 Å². The molecule has 9 heavy (non-hydrogen) atoms. The SMILES string of the molecule is O=S(=O)(O)O.[Cl-].[Cl-].[H-].[Mg+2].[Na+]. The molecular formula is H3Cl2MgNaO4S. The molecule has 2 N–H and O–H groups in total. The van der Waals surface area contributed by atoms with Crippen molar-refractivity contribution in [1.82, 2.24) is 0 Å². The van der Waals surface area contributed by atoms with Gasteiger partial charge in [0.2, 0.25) is 0 Å². The van der Waals surface area contributed by atoms with Crippen LogP contribution in [-0.4, -0.2) is 40.6 Å². The van der Waals surface area contributed by atoms with Crippen LogP contribution in [0.3, 0.4) is 0 Å². The van der Waals surface area contributed by atoms with Crippen LogP contribution in [0.1, 0.15) is 1.43 Å². The Balaban J connectivity index is -0.00000000800. The Morgan fingerprint density at radius 3 is 1.11 bits per heavy atom. The van der Waals surface area contributed by atoms with E-state index in [-0.39, 0.29) is 78.9 Å². The molecule has 0 aliphatic rings. The molecule has 0 aliphatic carbocycles. The first-order chi connectivity index (χ1) is 2.00. The molecule has 0 heterocycles.